The third kappa shape index (κ3) is 1.96. The number of nitrogens with zero attached hydrogens (tertiary/aromatic N) is 1. The summed E-state index contributed by atoms with van der Waals surface area (Å²) in [6, 6.07) is 1.48. The smallest absolute Gasteiger partial charge is 0.0247 e. The highest BCUT2D eigenvalue weighted by atomic mass is 15.5. The molecule has 0 aromatic carbocycles. The fraction of sp³-hybridized carbons (Fsp3) is 1.00. The van der Waals surface area contributed by atoms with E-state index in [1.54, 1.807) is 0 Å². The number of nitrogens with one attached hydrogen (secondary N) is 1. The number of hydrogen-bond donors (Lipinski definition) is 1. The molecule has 1 rings (SSSR count). The van der Waals surface area contributed by atoms with E-state index in [9.17, 15) is 0 Å². The van der Waals surface area contributed by atoms with Crippen molar-refractivity contribution in [3.05, 3.63) is 0 Å². The summed E-state index contributed by atoms with van der Waals surface area (Å²) in [6.45, 7) is 7.68. The lowest BCUT2D eigenvalue weighted by Gasteiger charge is -2.26. The summed E-state index contributed by atoms with van der Waals surface area (Å²) < 4.78 is 0. The molecule has 0 aliphatic heterocycles. The normalized spacial score (nSPS) is 18.9. The first-order chi connectivity index (χ1) is 4.75. The second kappa shape index (κ2) is 3.35. The number of hydrogen-bond acceptors (Lipinski definition) is 2. The van der Waals surface area contributed by atoms with Crippen LogP contribution >= 0.6 is 0 Å². The summed E-state index contributed by atoms with van der Waals surface area (Å²) in [5, 5.41) is 2.38. The van der Waals surface area contributed by atoms with Crippen LogP contribution in [-0.2, 0) is 0 Å². The third-order valence-electron chi connectivity index (χ3n) is 1.84. The van der Waals surface area contributed by atoms with Crippen LogP contribution in [-0.4, -0.2) is 23.6 Å². The minimum atomic E-state index is 0.646. The van der Waals surface area contributed by atoms with E-state index in [-0.39, 0.29) is 0 Å². The molecule has 1 aliphatic rings. The molecule has 10 heavy (non-hydrogen) atoms. The molecule has 2 nitrogen and oxygen atoms in total. The number of hydrazine groups is 1. The minimum absolute atomic E-state index is 0.646. The molecule has 1 aliphatic carbocycles. The molecule has 0 amide bonds. The van der Waals surface area contributed by atoms with Crippen LogP contribution < -0.4 is 5.43 Å². The Labute approximate surface area is 63.6 Å². The second-order valence-electron chi connectivity index (χ2n) is 3.24. The maximum Gasteiger partial charge on any atom is 0.0247 e. The van der Waals surface area contributed by atoms with Gasteiger partial charge in [0.25, 0.3) is 0 Å². The maximum absolute atomic E-state index is 3.38. The second-order valence-corrected chi connectivity index (χ2v) is 3.24. The predicted octanol–water partition coefficient (Wildman–Crippen LogP) is 1.38. The van der Waals surface area contributed by atoms with E-state index in [2.05, 4.69) is 31.2 Å². The molecule has 1 N–H and O–H groups in total. The van der Waals surface area contributed by atoms with Crippen LogP contribution in [0.1, 0.15) is 33.6 Å². The molecular formula is C8H18N2. The highest BCUT2D eigenvalue weighted by Crippen LogP contribution is 2.26. The van der Waals surface area contributed by atoms with Crippen LogP contribution in [0, 0.1) is 0 Å². The van der Waals surface area contributed by atoms with Crippen molar-refractivity contribution in [3.8, 4) is 0 Å². The molecule has 0 atom stereocenters. The van der Waals surface area contributed by atoms with Gasteiger partial charge in [-0.1, -0.05) is 6.92 Å². The lowest BCUT2D eigenvalue weighted by molar-refractivity contribution is 0.137. The van der Waals surface area contributed by atoms with Gasteiger partial charge in [0.2, 0.25) is 0 Å². The first kappa shape index (κ1) is 8.02. The molecule has 0 aromatic heterocycles. The lowest BCUT2D eigenvalue weighted by atomic mass is 10.4. The fourth-order valence-electron chi connectivity index (χ4n) is 1.27. The van der Waals surface area contributed by atoms with Crippen LogP contribution in [0.25, 0.3) is 0 Å². The quantitative estimate of drug-likeness (QED) is 0.597. The first-order valence-electron chi connectivity index (χ1n) is 4.27. The van der Waals surface area contributed by atoms with E-state index in [4.69, 9.17) is 0 Å². The van der Waals surface area contributed by atoms with Gasteiger partial charge in [-0.3, -0.25) is 5.43 Å². The Morgan fingerprint density at radius 1 is 1.50 bits per heavy atom. The molecule has 1 fully saturated rings. The summed E-state index contributed by atoms with van der Waals surface area (Å²) in [5.74, 6) is 0. The Bertz CT molecular complexity index is 95.4. The number of rotatable bonds is 4. The molecule has 0 spiro atoms. The molecule has 1 saturated carbocycles. The Hall–Kier alpha value is -0.0800. The zero-order chi connectivity index (χ0) is 7.56. The van der Waals surface area contributed by atoms with E-state index >= 15 is 0 Å². The Morgan fingerprint density at radius 3 is 2.40 bits per heavy atom. The van der Waals surface area contributed by atoms with Gasteiger partial charge in [-0.2, -0.15) is 0 Å². The highest BCUT2D eigenvalue weighted by molar-refractivity contribution is 4.83. The van der Waals surface area contributed by atoms with Crippen LogP contribution in [0.4, 0.5) is 0 Å². The molecule has 60 valence electrons. The molecule has 0 unspecified atom stereocenters. The Morgan fingerprint density at radius 2 is 2.10 bits per heavy atom. The van der Waals surface area contributed by atoms with E-state index in [1.807, 2.05) is 0 Å². The molecular weight excluding hydrogens is 124 g/mol. The van der Waals surface area contributed by atoms with Crippen LogP contribution in [0.5, 0.6) is 0 Å². The molecule has 0 radical (unpaired) electrons. The molecule has 0 saturated heterocycles. The van der Waals surface area contributed by atoms with Crippen molar-refractivity contribution in [3.63, 3.8) is 0 Å². The van der Waals surface area contributed by atoms with E-state index in [1.165, 1.54) is 12.8 Å². The monoisotopic (exact) mass is 142 g/mol. The highest BCUT2D eigenvalue weighted by Gasteiger charge is 2.29. The molecule has 2 heteroatoms. The van der Waals surface area contributed by atoms with Crippen LogP contribution in [0.2, 0.25) is 0 Å². The van der Waals surface area contributed by atoms with Gasteiger partial charge >= 0.3 is 0 Å². The summed E-state index contributed by atoms with van der Waals surface area (Å²) in [6.07, 6.45) is 2.76. The van der Waals surface area contributed by atoms with Gasteiger partial charge in [-0.15, -0.1) is 0 Å². The average Bonchev–Trinajstić information content (AvgIpc) is 2.63. The van der Waals surface area contributed by atoms with Crippen molar-refractivity contribution in [2.75, 3.05) is 6.54 Å². The average molecular weight is 142 g/mol. The SMILES string of the molecule is CCNN(C(C)C)C1CC1. The van der Waals surface area contributed by atoms with Crippen molar-refractivity contribution < 1.29 is 0 Å². The largest absolute Gasteiger partial charge is 0.255 e. The predicted molar refractivity (Wildman–Crippen MR) is 43.7 cm³/mol. The van der Waals surface area contributed by atoms with Gasteiger partial charge in [0.15, 0.2) is 0 Å². The van der Waals surface area contributed by atoms with E-state index in [0.717, 1.165) is 12.6 Å². The van der Waals surface area contributed by atoms with Crippen LogP contribution in [0.15, 0.2) is 0 Å². The van der Waals surface area contributed by atoms with Crippen molar-refractivity contribution in [1.29, 1.82) is 0 Å². The van der Waals surface area contributed by atoms with Gasteiger partial charge < -0.3 is 0 Å². The van der Waals surface area contributed by atoms with Crippen molar-refractivity contribution in [2.24, 2.45) is 0 Å². The van der Waals surface area contributed by atoms with Crippen molar-refractivity contribution in [1.82, 2.24) is 10.4 Å². The van der Waals surface area contributed by atoms with Gasteiger partial charge in [-0.25, -0.2) is 5.01 Å². The van der Waals surface area contributed by atoms with Gasteiger partial charge in [0, 0.05) is 18.6 Å². The summed E-state index contributed by atoms with van der Waals surface area (Å²) >= 11 is 0. The van der Waals surface area contributed by atoms with Gasteiger partial charge in [0.05, 0.1) is 0 Å². The summed E-state index contributed by atoms with van der Waals surface area (Å²) in [7, 11) is 0. The lowest BCUT2D eigenvalue weighted by Crippen LogP contribution is -2.44. The maximum atomic E-state index is 3.38. The first-order valence-corrected chi connectivity index (χ1v) is 4.27. The standard InChI is InChI=1S/C8H18N2/c1-4-9-10(7(2)3)8-5-6-8/h7-9H,4-6H2,1-3H3. The Kier molecular flexibility index (Phi) is 2.69. The molecule has 0 aromatic rings. The van der Waals surface area contributed by atoms with Crippen molar-refractivity contribution in [2.45, 2.75) is 45.7 Å². The fourth-order valence-corrected chi connectivity index (χ4v) is 1.27. The topological polar surface area (TPSA) is 15.3 Å². The molecule has 0 heterocycles. The zero-order valence-electron chi connectivity index (χ0n) is 7.22. The van der Waals surface area contributed by atoms with E-state index in [0.29, 0.717) is 6.04 Å². The van der Waals surface area contributed by atoms with Crippen LogP contribution in [0.3, 0.4) is 0 Å². The third-order valence-corrected chi connectivity index (χ3v) is 1.84. The summed E-state index contributed by atoms with van der Waals surface area (Å²) in [4.78, 5) is 0. The van der Waals surface area contributed by atoms with Gasteiger partial charge in [0.1, 0.15) is 0 Å². The van der Waals surface area contributed by atoms with Gasteiger partial charge in [-0.05, 0) is 26.7 Å². The minimum Gasteiger partial charge on any atom is -0.255 e. The summed E-state index contributed by atoms with van der Waals surface area (Å²) in [5.41, 5.74) is 3.38. The van der Waals surface area contributed by atoms with Crippen molar-refractivity contribution >= 4 is 0 Å². The Balaban J connectivity index is 2.26. The van der Waals surface area contributed by atoms with E-state index < -0.39 is 0 Å². The molecule has 0 bridgehead atoms. The zero-order valence-corrected chi connectivity index (χ0v) is 7.22.